The lowest BCUT2D eigenvalue weighted by Gasteiger charge is -2.13. The number of imidazole rings is 1. The van der Waals surface area contributed by atoms with Gasteiger partial charge >= 0.3 is 6.03 Å². The summed E-state index contributed by atoms with van der Waals surface area (Å²) < 4.78 is 0. The van der Waals surface area contributed by atoms with Crippen molar-refractivity contribution in [1.29, 1.82) is 0 Å². The second-order valence-corrected chi connectivity index (χ2v) is 5.14. The van der Waals surface area contributed by atoms with Crippen LogP contribution in [0.2, 0.25) is 0 Å². The van der Waals surface area contributed by atoms with E-state index in [0.29, 0.717) is 12.5 Å². The molecular weight excluding hydrogens is 292 g/mol. The summed E-state index contributed by atoms with van der Waals surface area (Å²) in [7, 11) is 0. The van der Waals surface area contributed by atoms with E-state index in [1.807, 2.05) is 37.3 Å². The Bertz CT molecular complexity index is 814. The Morgan fingerprint density at radius 1 is 1.35 bits per heavy atom. The summed E-state index contributed by atoms with van der Waals surface area (Å²) in [5.74, 6) is 6.11. The number of pyridine rings is 1. The highest BCUT2D eigenvalue weighted by Crippen LogP contribution is 2.24. The number of fused-ring (bicyclic) bond motifs is 1. The molecule has 2 aromatic heterocycles. The molecule has 2 amide bonds. The monoisotopic (exact) mass is 310 g/mol. The van der Waals surface area contributed by atoms with Gasteiger partial charge in [-0.15, -0.1) is 0 Å². The molecule has 0 aliphatic rings. The van der Waals surface area contributed by atoms with Crippen molar-refractivity contribution in [2.45, 2.75) is 13.3 Å². The molecule has 0 bridgehead atoms. The average Bonchev–Trinajstić information content (AvgIpc) is 3.02. The maximum absolute atomic E-state index is 11.9. The number of rotatable bonds is 4. The first-order valence-electron chi connectivity index (χ1n) is 7.42. The highest BCUT2D eigenvalue weighted by atomic mass is 16.2. The fourth-order valence-electron chi connectivity index (χ4n) is 2.24. The molecule has 2 heterocycles. The van der Waals surface area contributed by atoms with Crippen LogP contribution in [0.1, 0.15) is 13.3 Å². The molecule has 4 N–H and O–H groups in total. The van der Waals surface area contributed by atoms with Crippen LogP contribution in [0.5, 0.6) is 0 Å². The summed E-state index contributed by atoms with van der Waals surface area (Å²) in [5, 5.41) is 3.69. The van der Waals surface area contributed by atoms with Crippen molar-refractivity contribution in [3.8, 4) is 11.1 Å². The third-order valence-electron chi connectivity index (χ3n) is 3.44. The van der Waals surface area contributed by atoms with Crippen molar-refractivity contribution < 1.29 is 4.79 Å². The summed E-state index contributed by atoms with van der Waals surface area (Å²) in [6.45, 7) is 2.54. The van der Waals surface area contributed by atoms with Crippen LogP contribution in [-0.4, -0.2) is 27.5 Å². The van der Waals surface area contributed by atoms with Gasteiger partial charge in [0.2, 0.25) is 5.95 Å². The number of carbonyl (C=O) groups is 1. The molecule has 0 saturated heterocycles. The molecule has 0 saturated carbocycles. The number of urea groups is 1. The van der Waals surface area contributed by atoms with Crippen molar-refractivity contribution in [3.05, 3.63) is 42.7 Å². The maximum Gasteiger partial charge on any atom is 0.338 e. The summed E-state index contributed by atoms with van der Waals surface area (Å²) in [4.78, 5) is 23.4. The number of anilines is 1. The molecule has 0 fully saturated rings. The van der Waals surface area contributed by atoms with Gasteiger partial charge in [-0.05, 0) is 30.2 Å². The van der Waals surface area contributed by atoms with Gasteiger partial charge in [-0.3, -0.25) is 4.98 Å². The van der Waals surface area contributed by atoms with Gasteiger partial charge in [-0.2, -0.15) is 5.01 Å². The molecule has 0 spiro atoms. The van der Waals surface area contributed by atoms with E-state index in [0.717, 1.165) is 33.6 Å². The average molecular weight is 310 g/mol. The van der Waals surface area contributed by atoms with E-state index in [2.05, 4.69) is 20.3 Å². The summed E-state index contributed by atoms with van der Waals surface area (Å²) in [5.41, 5.74) is 3.57. The minimum Gasteiger partial charge on any atom is -0.336 e. The number of carbonyl (C=O) groups excluding carboxylic acids is 1. The molecule has 0 unspecified atom stereocenters. The normalized spacial score (nSPS) is 10.7. The molecule has 7 nitrogen and oxygen atoms in total. The zero-order valence-corrected chi connectivity index (χ0v) is 12.8. The summed E-state index contributed by atoms with van der Waals surface area (Å²) in [6, 6.07) is 9.28. The van der Waals surface area contributed by atoms with Crippen LogP contribution in [0.15, 0.2) is 42.7 Å². The standard InChI is InChI=1S/C16H18N6O/c1-2-7-19-16(23)22(17)15-20-13-6-5-11(9-14(13)21-15)12-4-3-8-18-10-12/h3-6,8-10H,2,7,17H2,1H3,(H,19,23)(H,20,21). The van der Waals surface area contributed by atoms with E-state index in [1.54, 1.807) is 12.4 Å². The molecular formula is C16H18N6O. The van der Waals surface area contributed by atoms with Crippen LogP contribution < -0.4 is 16.2 Å². The van der Waals surface area contributed by atoms with Crippen molar-refractivity contribution in [2.75, 3.05) is 11.6 Å². The Kier molecular flexibility index (Phi) is 4.20. The smallest absolute Gasteiger partial charge is 0.336 e. The van der Waals surface area contributed by atoms with Gasteiger partial charge in [0.15, 0.2) is 0 Å². The van der Waals surface area contributed by atoms with E-state index in [1.165, 1.54) is 0 Å². The fraction of sp³-hybridized carbons (Fsp3) is 0.188. The Labute approximate surface area is 133 Å². The first kappa shape index (κ1) is 15.0. The lowest BCUT2D eigenvalue weighted by atomic mass is 10.1. The van der Waals surface area contributed by atoms with Crippen LogP contribution in [0, 0.1) is 0 Å². The van der Waals surface area contributed by atoms with Gasteiger partial charge in [0.05, 0.1) is 11.0 Å². The predicted molar refractivity (Wildman–Crippen MR) is 89.7 cm³/mol. The van der Waals surface area contributed by atoms with E-state index < -0.39 is 6.03 Å². The maximum atomic E-state index is 11.9. The Balaban J connectivity index is 1.89. The van der Waals surface area contributed by atoms with Crippen molar-refractivity contribution in [3.63, 3.8) is 0 Å². The minimum atomic E-state index is -0.390. The van der Waals surface area contributed by atoms with Gasteiger partial charge in [-0.1, -0.05) is 19.1 Å². The van der Waals surface area contributed by atoms with Crippen LogP contribution in [0.25, 0.3) is 22.2 Å². The fourth-order valence-corrected chi connectivity index (χ4v) is 2.24. The zero-order valence-electron chi connectivity index (χ0n) is 12.8. The highest BCUT2D eigenvalue weighted by Gasteiger charge is 2.15. The summed E-state index contributed by atoms with van der Waals surface area (Å²) >= 11 is 0. The van der Waals surface area contributed by atoms with Crippen LogP contribution in [0.3, 0.4) is 0 Å². The third kappa shape index (κ3) is 3.14. The van der Waals surface area contributed by atoms with E-state index >= 15 is 0 Å². The first-order valence-corrected chi connectivity index (χ1v) is 7.42. The highest BCUT2D eigenvalue weighted by molar-refractivity contribution is 5.91. The van der Waals surface area contributed by atoms with Gasteiger partial charge in [0, 0.05) is 24.5 Å². The van der Waals surface area contributed by atoms with E-state index in [4.69, 9.17) is 5.84 Å². The number of benzene rings is 1. The van der Waals surface area contributed by atoms with Gasteiger partial charge in [-0.25, -0.2) is 15.6 Å². The summed E-state index contributed by atoms with van der Waals surface area (Å²) in [6.07, 6.45) is 4.37. The molecule has 23 heavy (non-hydrogen) atoms. The quantitative estimate of drug-likeness (QED) is 0.391. The number of nitrogens with one attached hydrogen (secondary N) is 2. The number of nitrogens with two attached hydrogens (primary N) is 1. The van der Waals surface area contributed by atoms with Gasteiger partial charge < -0.3 is 10.3 Å². The number of aromatic nitrogens is 3. The number of H-pyrrole nitrogens is 1. The van der Waals surface area contributed by atoms with E-state index in [-0.39, 0.29) is 0 Å². The lowest BCUT2D eigenvalue weighted by molar-refractivity contribution is 0.246. The Morgan fingerprint density at radius 2 is 2.22 bits per heavy atom. The lowest BCUT2D eigenvalue weighted by Crippen LogP contribution is -2.45. The molecule has 1 aromatic carbocycles. The first-order chi connectivity index (χ1) is 11.2. The minimum absolute atomic E-state index is 0.303. The number of hydrogen-bond acceptors (Lipinski definition) is 4. The number of nitrogens with zero attached hydrogens (tertiary/aromatic N) is 3. The van der Waals surface area contributed by atoms with Crippen LogP contribution >= 0.6 is 0 Å². The predicted octanol–water partition coefficient (Wildman–Crippen LogP) is 2.42. The van der Waals surface area contributed by atoms with Crippen molar-refractivity contribution in [1.82, 2.24) is 20.3 Å². The molecule has 118 valence electrons. The molecule has 3 aromatic rings. The number of aromatic amines is 1. The van der Waals surface area contributed by atoms with Gasteiger partial charge in [0.1, 0.15) is 0 Å². The molecule has 0 atom stereocenters. The van der Waals surface area contributed by atoms with Crippen molar-refractivity contribution >= 4 is 23.0 Å². The second kappa shape index (κ2) is 6.45. The second-order valence-electron chi connectivity index (χ2n) is 5.14. The molecule has 0 radical (unpaired) electrons. The van der Waals surface area contributed by atoms with Crippen molar-refractivity contribution in [2.24, 2.45) is 5.84 Å². The topological polar surface area (TPSA) is 99.9 Å². The number of hydrazine groups is 1. The number of amides is 2. The van der Waals surface area contributed by atoms with E-state index in [9.17, 15) is 4.79 Å². The van der Waals surface area contributed by atoms with Crippen LogP contribution in [-0.2, 0) is 0 Å². The molecule has 0 aliphatic heterocycles. The molecule has 3 rings (SSSR count). The molecule has 0 aliphatic carbocycles. The zero-order chi connectivity index (χ0) is 16.2. The largest absolute Gasteiger partial charge is 0.338 e. The van der Waals surface area contributed by atoms with Gasteiger partial charge in [0.25, 0.3) is 0 Å². The SMILES string of the molecule is CCCNC(=O)N(N)c1nc2ccc(-c3cccnc3)cc2[nH]1. The Hall–Kier alpha value is -2.93. The molecule has 7 heteroatoms. The van der Waals surface area contributed by atoms with Crippen LogP contribution in [0.4, 0.5) is 10.7 Å². The Morgan fingerprint density at radius 3 is 2.96 bits per heavy atom. The number of hydrogen-bond donors (Lipinski definition) is 3. The third-order valence-corrected chi connectivity index (χ3v) is 3.44.